The Morgan fingerprint density at radius 3 is 2.67 bits per heavy atom. The maximum absolute atomic E-state index is 12.8. The molecule has 1 aromatic heterocycles. The topological polar surface area (TPSA) is 66.4 Å². The van der Waals surface area contributed by atoms with Gasteiger partial charge in [0.15, 0.2) is 0 Å². The monoisotopic (exact) mass is 402 g/mol. The zero-order valence-electron chi connectivity index (χ0n) is 17.3. The minimum Gasteiger partial charge on any atom is -0.349 e. The van der Waals surface area contributed by atoms with E-state index < -0.39 is 0 Å². The minimum absolute atomic E-state index is 0.127. The van der Waals surface area contributed by atoms with Gasteiger partial charge < -0.3 is 15.2 Å². The summed E-state index contributed by atoms with van der Waals surface area (Å²) in [5.74, 6) is -0.377. The van der Waals surface area contributed by atoms with Gasteiger partial charge in [-0.05, 0) is 55.8 Å². The Bertz CT molecular complexity index is 1070. The van der Waals surface area contributed by atoms with Crippen LogP contribution in [0.5, 0.6) is 0 Å². The summed E-state index contributed by atoms with van der Waals surface area (Å²) in [7, 11) is 0. The number of benzene rings is 2. The molecule has 1 aliphatic rings. The summed E-state index contributed by atoms with van der Waals surface area (Å²) in [6.07, 6.45) is 2.08. The number of rotatable bonds is 5. The number of nitrogens with one attached hydrogen (secondary N) is 2. The van der Waals surface area contributed by atoms with E-state index in [0.717, 1.165) is 24.3 Å². The second-order valence-electron chi connectivity index (χ2n) is 7.69. The van der Waals surface area contributed by atoms with Gasteiger partial charge in [-0.25, -0.2) is 0 Å². The summed E-state index contributed by atoms with van der Waals surface area (Å²) in [5.41, 5.74) is 3.96. The molecule has 0 spiro atoms. The molecule has 1 aliphatic heterocycles. The Morgan fingerprint density at radius 2 is 1.83 bits per heavy atom. The van der Waals surface area contributed by atoms with Gasteiger partial charge in [-0.1, -0.05) is 24.3 Å². The third-order valence-corrected chi connectivity index (χ3v) is 5.54. The normalized spacial score (nSPS) is 16.0. The lowest BCUT2D eigenvalue weighted by Crippen LogP contribution is -2.41. The molecule has 3 aromatic rings. The van der Waals surface area contributed by atoms with E-state index in [1.165, 1.54) is 5.69 Å². The lowest BCUT2D eigenvalue weighted by atomic mass is 10.1. The average molecular weight is 402 g/mol. The Labute approximate surface area is 176 Å². The third kappa shape index (κ3) is 4.28. The summed E-state index contributed by atoms with van der Waals surface area (Å²) in [4.78, 5) is 27.7. The van der Waals surface area contributed by atoms with Gasteiger partial charge in [0, 0.05) is 36.7 Å². The van der Waals surface area contributed by atoms with Crippen molar-refractivity contribution in [1.29, 1.82) is 0 Å². The summed E-state index contributed by atoms with van der Waals surface area (Å²) < 4.78 is 2.23. The van der Waals surface area contributed by atoms with Crippen molar-refractivity contribution in [2.24, 2.45) is 0 Å². The van der Waals surface area contributed by atoms with Crippen LogP contribution in [0.15, 0.2) is 66.9 Å². The van der Waals surface area contributed by atoms with E-state index in [1.807, 2.05) is 43.3 Å². The second-order valence-corrected chi connectivity index (χ2v) is 7.69. The molecule has 0 aliphatic carbocycles. The fourth-order valence-electron chi connectivity index (χ4n) is 3.93. The number of carbonyl (C=O) groups is 2. The van der Waals surface area contributed by atoms with Crippen molar-refractivity contribution in [3.8, 4) is 0 Å². The first-order chi connectivity index (χ1) is 14.5. The Kier molecular flexibility index (Phi) is 5.68. The molecule has 1 atom stereocenters. The first-order valence-corrected chi connectivity index (χ1v) is 10.2. The number of para-hydroxylation sites is 1. The molecule has 2 heterocycles. The van der Waals surface area contributed by atoms with E-state index in [4.69, 9.17) is 0 Å². The van der Waals surface area contributed by atoms with Crippen LogP contribution >= 0.6 is 0 Å². The maximum Gasteiger partial charge on any atom is 0.257 e. The Balaban J connectivity index is 1.44. The van der Waals surface area contributed by atoms with Crippen LogP contribution in [0.3, 0.4) is 0 Å². The highest BCUT2D eigenvalue weighted by Crippen LogP contribution is 2.25. The van der Waals surface area contributed by atoms with Gasteiger partial charge in [-0.3, -0.25) is 14.5 Å². The highest BCUT2D eigenvalue weighted by Gasteiger charge is 2.25. The van der Waals surface area contributed by atoms with Crippen LogP contribution in [0, 0.1) is 6.92 Å². The van der Waals surface area contributed by atoms with E-state index in [1.54, 1.807) is 18.2 Å². The van der Waals surface area contributed by atoms with Crippen molar-refractivity contribution in [3.05, 3.63) is 83.7 Å². The van der Waals surface area contributed by atoms with Gasteiger partial charge in [0.25, 0.3) is 5.91 Å². The molecule has 2 N–H and O–H groups in total. The van der Waals surface area contributed by atoms with Gasteiger partial charge in [0.1, 0.15) is 0 Å². The predicted molar refractivity (Wildman–Crippen MR) is 119 cm³/mol. The average Bonchev–Trinajstić information content (AvgIpc) is 3.20. The fourth-order valence-corrected chi connectivity index (χ4v) is 3.93. The van der Waals surface area contributed by atoms with Crippen LogP contribution in [0.2, 0.25) is 0 Å². The predicted octanol–water partition coefficient (Wildman–Crippen LogP) is 4.06. The van der Waals surface area contributed by atoms with Crippen molar-refractivity contribution in [1.82, 2.24) is 9.47 Å². The van der Waals surface area contributed by atoms with Gasteiger partial charge in [-0.15, -0.1) is 0 Å². The SMILES string of the molecule is Cc1cccc(NC(=O)c2ccccc2NC(=O)CN2CCn3cccc3[C@H]2C)c1. The van der Waals surface area contributed by atoms with Crippen molar-refractivity contribution in [2.45, 2.75) is 26.4 Å². The molecule has 0 saturated carbocycles. The molecule has 0 fully saturated rings. The van der Waals surface area contributed by atoms with Crippen LogP contribution in [0.1, 0.15) is 34.6 Å². The molecule has 154 valence electrons. The number of hydrogen-bond donors (Lipinski definition) is 2. The number of hydrogen-bond acceptors (Lipinski definition) is 3. The molecule has 0 radical (unpaired) electrons. The van der Waals surface area contributed by atoms with Crippen molar-refractivity contribution in [2.75, 3.05) is 23.7 Å². The molecular formula is C24H26N4O2. The zero-order valence-corrected chi connectivity index (χ0v) is 17.3. The summed E-state index contributed by atoms with van der Waals surface area (Å²) in [6, 6.07) is 19.0. The maximum atomic E-state index is 12.8. The first-order valence-electron chi connectivity index (χ1n) is 10.2. The van der Waals surface area contributed by atoms with E-state index in [2.05, 4.69) is 39.3 Å². The van der Waals surface area contributed by atoms with Gasteiger partial charge in [0.05, 0.1) is 17.8 Å². The van der Waals surface area contributed by atoms with Crippen molar-refractivity contribution in [3.63, 3.8) is 0 Å². The van der Waals surface area contributed by atoms with Crippen LogP contribution in [0.4, 0.5) is 11.4 Å². The largest absolute Gasteiger partial charge is 0.349 e. The smallest absolute Gasteiger partial charge is 0.257 e. The summed E-state index contributed by atoms with van der Waals surface area (Å²) >= 11 is 0. The van der Waals surface area contributed by atoms with Gasteiger partial charge >= 0.3 is 0 Å². The molecule has 0 saturated heterocycles. The molecule has 0 unspecified atom stereocenters. The van der Waals surface area contributed by atoms with E-state index in [-0.39, 0.29) is 24.4 Å². The number of anilines is 2. The number of fused-ring (bicyclic) bond motifs is 1. The summed E-state index contributed by atoms with van der Waals surface area (Å²) in [5, 5.41) is 5.83. The number of amides is 2. The molecule has 30 heavy (non-hydrogen) atoms. The van der Waals surface area contributed by atoms with Crippen LogP contribution < -0.4 is 10.6 Å². The van der Waals surface area contributed by atoms with E-state index in [9.17, 15) is 9.59 Å². The van der Waals surface area contributed by atoms with Gasteiger partial charge in [0.2, 0.25) is 5.91 Å². The highest BCUT2D eigenvalue weighted by atomic mass is 16.2. The third-order valence-electron chi connectivity index (χ3n) is 5.54. The first kappa shape index (κ1) is 19.9. The number of carbonyl (C=O) groups excluding carboxylic acids is 2. The molecular weight excluding hydrogens is 376 g/mol. The van der Waals surface area contributed by atoms with E-state index >= 15 is 0 Å². The summed E-state index contributed by atoms with van der Waals surface area (Å²) in [6.45, 7) is 6.05. The molecule has 2 aromatic carbocycles. The van der Waals surface area contributed by atoms with Crippen LogP contribution in [-0.2, 0) is 11.3 Å². The molecule has 0 bridgehead atoms. The van der Waals surface area contributed by atoms with Crippen molar-refractivity contribution < 1.29 is 9.59 Å². The van der Waals surface area contributed by atoms with Gasteiger partial charge in [-0.2, -0.15) is 0 Å². The van der Waals surface area contributed by atoms with Crippen molar-refractivity contribution >= 4 is 23.2 Å². The lowest BCUT2D eigenvalue weighted by Gasteiger charge is -2.34. The fraction of sp³-hybridized carbons (Fsp3) is 0.250. The standard InChI is InChI=1S/C24H26N4O2/c1-17-7-5-8-19(15-17)25-24(30)20-9-3-4-10-21(20)26-23(29)16-28-14-13-27-12-6-11-22(27)18(28)2/h3-12,15,18H,13-14,16H2,1-2H3,(H,25,30)(H,26,29)/t18-/m1/s1. The Morgan fingerprint density at radius 1 is 1.00 bits per heavy atom. The molecule has 6 nitrogen and oxygen atoms in total. The molecule has 4 rings (SSSR count). The number of nitrogens with zero attached hydrogens (tertiary/aromatic N) is 2. The number of aryl methyl sites for hydroxylation is 1. The van der Waals surface area contributed by atoms with Crippen LogP contribution in [0.25, 0.3) is 0 Å². The highest BCUT2D eigenvalue weighted by molar-refractivity contribution is 6.10. The lowest BCUT2D eigenvalue weighted by molar-refractivity contribution is -0.118. The molecule has 2 amide bonds. The Hall–Kier alpha value is -3.38. The quantitative estimate of drug-likeness (QED) is 0.676. The van der Waals surface area contributed by atoms with Crippen LogP contribution in [-0.4, -0.2) is 34.4 Å². The minimum atomic E-state index is -0.249. The number of aromatic nitrogens is 1. The molecule has 6 heteroatoms. The zero-order chi connectivity index (χ0) is 21.1. The van der Waals surface area contributed by atoms with E-state index in [0.29, 0.717) is 11.3 Å². The second kappa shape index (κ2) is 8.55.